The Morgan fingerprint density at radius 1 is 0.469 bits per heavy atom. The molecule has 0 amide bonds. The minimum Gasteiger partial charge on any atom is -0.399 e. The van der Waals surface area contributed by atoms with Gasteiger partial charge in [0.2, 0.25) is 0 Å². The fourth-order valence-corrected chi connectivity index (χ4v) is 2.56. The van der Waals surface area contributed by atoms with Crippen LogP contribution in [-0.4, -0.2) is 23.9 Å². The van der Waals surface area contributed by atoms with Gasteiger partial charge < -0.3 is 20.9 Å². The molecule has 5 rings (SSSR count). The molecule has 3 aromatic carbocycles. The maximum atomic E-state index is 10.8. The van der Waals surface area contributed by atoms with Gasteiger partial charge in [-0.2, -0.15) is 0 Å². The average Bonchev–Trinajstić information content (AvgIpc) is 3.28. The monoisotopic (exact) mass is 434 g/mol. The number of fused-ring (bicyclic) bond motifs is 2. The lowest BCUT2D eigenvalue weighted by molar-refractivity contribution is 0.0425. The molecule has 0 radical (unpaired) electrons. The second kappa shape index (κ2) is 11.1. The van der Waals surface area contributed by atoms with Crippen molar-refractivity contribution in [2.45, 2.75) is 13.8 Å². The van der Waals surface area contributed by atoms with Gasteiger partial charge in [0, 0.05) is 11.4 Å². The van der Waals surface area contributed by atoms with Crippen molar-refractivity contribution in [3.8, 4) is 0 Å². The molecular weight excluding hydrogens is 412 g/mol. The van der Waals surface area contributed by atoms with Gasteiger partial charge in [0.15, 0.2) is 0 Å². The predicted octanol–water partition coefficient (Wildman–Crippen LogP) is 3.87. The molecule has 2 aliphatic rings. The van der Waals surface area contributed by atoms with Crippen LogP contribution in [0.5, 0.6) is 0 Å². The zero-order valence-corrected chi connectivity index (χ0v) is 17.5. The summed E-state index contributed by atoms with van der Waals surface area (Å²) in [4.78, 5) is 43.3. The van der Waals surface area contributed by atoms with Crippen molar-refractivity contribution in [2.75, 3.05) is 11.5 Å². The van der Waals surface area contributed by atoms with Crippen molar-refractivity contribution < 1.29 is 28.7 Å². The number of hydrogen-bond acceptors (Lipinski definition) is 8. The second-order valence-electron chi connectivity index (χ2n) is 6.11. The van der Waals surface area contributed by atoms with Gasteiger partial charge in [-0.25, -0.2) is 19.2 Å². The van der Waals surface area contributed by atoms with E-state index in [1.165, 1.54) is 0 Å². The van der Waals surface area contributed by atoms with Crippen LogP contribution in [-0.2, 0) is 9.47 Å². The normalized spacial score (nSPS) is 12.4. The first-order chi connectivity index (χ1) is 15.4. The highest BCUT2D eigenvalue weighted by molar-refractivity contribution is 6.15. The lowest BCUT2D eigenvalue weighted by Gasteiger charge is -1.90. The summed E-state index contributed by atoms with van der Waals surface area (Å²) in [5, 5.41) is 0. The summed E-state index contributed by atoms with van der Waals surface area (Å²) in [6, 6.07) is 20.2. The lowest BCUT2D eigenvalue weighted by atomic mass is 10.1. The van der Waals surface area contributed by atoms with Crippen molar-refractivity contribution in [3.05, 3.63) is 95.1 Å². The maximum Gasteiger partial charge on any atom is 0.346 e. The molecule has 4 N–H and O–H groups in total. The number of rotatable bonds is 0. The lowest BCUT2D eigenvalue weighted by Crippen LogP contribution is -1.96. The van der Waals surface area contributed by atoms with Crippen LogP contribution in [0.25, 0.3) is 0 Å². The highest BCUT2D eigenvalue weighted by atomic mass is 16.6. The molecule has 164 valence electrons. The van der Waals surface area contributed by atoms with E-state index in [0.29, 0.717) is 22.3 Å². The van der Waals surface area contributed by atoms with Gasteiger partial charge in [0.25, 0.3) is 0 Å². The first-order valence-corrected chi connectivity index (χ1v) is 9.69. The largest absolute Gasteiger partial charge is 0.399 e. The van der Waals surface area contributed by atoms with Gasteiger partial charge in [0.05, 0.1) is 22.3 Å². The van der Waals surface area contributed by atoms with Gasteiger partial charge in [-0.15, -0.1) is 0 Å². The van der Waals surface area contributed by atoms with Crippen molar-refractivity contribution in [1.82, 2.24) is 0 Å². The fourth-order valence-electron chi connectivity index (χ4n) is 2.56. The van der Waals surface area contributed by atoms with Crippen LogP contribution < -0.4 is 11.5 Å². The second-order valence-corrected chi connectivity index (χ2v) is 6.11. The molecule has 0 fully saturated rings. The first kappa shape index (κ1) is 23.8. The number of esters is 4. The van der Waals surface area contributed by atoms with Gasteiger partial charge in [-0.1, -0.05) is 38.1 Å². The van der Waals surface area contributed by atoms with Crippen LogP contribution in [0, 0.1) is 0 Å². The summed E-state index contributed by atoms with van der Waals surface area (Å²) in [7, 11) is 0. The van der Waals surface area contributed by atoms with Crippen LogP contribution in [0.15, 0.2) is 72.8 Å². The number of cyclic esters (lactones) is 4. The molecule has 0 saturated carbocycles. The Bertz CT molecular complexity index is 983. The Hall–Kier alpha value is -4.46. The number of nitrogens with two attached hydrogens (primary N) is 2. The third kappa shape index (κ3) is 5.79. The highest BCUT2D eigenvalue weighted by Gasteiger charge is 2.29. The number of hydrogen-bond donors (Lipinski definition) is 2. The fraction of sp³-hybridized carbons (Fsp3) is 0.0833. The molecule has 0 unspecified atom stereocenters. The summed E-state index contributed by atoms with van der Waals surface area (Å²) in [5.41, 5.74) is 13.7. The molecule has 0 spiro atoms. The minimum absolute atomic E-state index is 0.359. The van der Waals surface area contributed by atoms with E-state index in [-0.39, 0.29) is 0 Å². The Labute approximate surface area is 184 Å². The van der Waals surface area contributed by atoms with E-state index in [1.807, 2.05) is 13.8 Å². The maximum absolute atomic E-state index is 10.8. The molecule has 8 nitrogen and oxygen atoms in total. The summed E-state index contributed by atoms with van der Waals surface area (Å²) in [6.07, 6.45) is 0. The van der Waals surface area contributed by atoms with E-state index in [2.05, 4.69) is 9.47 Å². The zero-order valence-electron chi connectivity index (χ0n) is 17.5. The number of benzene rings is 3. The Morgan fingerprint density at radius 3 is 0.906 bits per heavy atom. The molecule has 2 heterocycles. The van der Waals surface area contributed by atoms with Crippen LogP contribution in [0.2, 0.25) is 0 Å². The van der Waals surface area contributed by atoms with Crippen LogP contribution in [0.3, 0.4) is 0 Å². The van der Waals surface area contributed by atoms with E-state index < -0.39 is 23.9 Å². The topological polar surface area (TPSA) is 139 Å². The number of nitrogen functional groups attached to an aromatic ring is 2. The molecule has 8 heteroatoms. The Balaban J connectivity index is 0.000000166. The molecule has 2 aliphatic heterocycles. The van der Waals surface area contributed by atoms with E-state index in [4.69, 9.17) is 11.5 Å². The molecule has 0 aliphatic carbocycles. The minimum atomic E-state index is -0.550. The number of ether oxygens (including phenoxy) is 2. The van der Waals surface area contributed by atoms with Crippen molar-refractivity contribution in [3.63, 3.8) is 0 Å². The van der Waals surface area contributed by atoms with Gasteiger partial charge in [0.1, 0.15) is 0 Å². The first-order valence-electron chi connectivity index (χ1n) is 9.69. The number of carbonyl (C=O) groups is 4. The highest BCUT2D eigenvalue weighted by Crippen LogP contribution is 2.19. The Morgan fingerprint density at radius 2 is 0.688 bits per heavy atom. The average molecular weight is 434 g/mol. The van der Waals surface area contributed by atoms with Gasteiger partial charge in [-0.3, -0.25) is 0 Å². The van der Waals surface area contributed by atoms with E-state index in [9.17, 15) is 19.2 Å². The molecular formula is C24H22N2O6. The third-order valence-electron chi connectivity index (χ3n) is 4.04. The molecule has 32 heavy (non-hydrogen) atoms. The van der Waals surface area contributed by atoms with Crippen molar-refractivity contribution in [2.24, 2.45) is 0 Å². The van der Waals surface area contributed by atoms with Crippen molar-refractivity contribution in [1.29, 1.82) is 0 Å². The summed E-state index contributed by atoms with van der Waals surface area (Å²) >= 11 is 0. The molecule has 3 aromatic rings. The molecule has 0 saturated heterocycles. The van der Waals surface area contributed by atoms with Gasteiger partial charge >= 0.3 is 23.9 Å². The smallest absolute Gasteiger partial charge is 0.346 e. The standard InChI is InChI=1S/2C8H4O3.C6H8N2.C2H6/c2*9-7-5-3-1-2-4-6(5)8(10)11-7;7-5-1-2-6(8)4-3-5;1-2/h2*1-4H;1-4H,7-8H2;1-2H3. The van der Waals surface area contributed by atoms with Gasteiger partial charge in [-0.05, 0) is 48.5 Å². The van der Waals surface area contributed by atoms with E-state index in [1.54, 1.807) is 72.8 Å². The summed E-state index contributed by atoms with van der Waals surface area (Å²) in [5.74, 6) is -2.20. The quantitative estimate of drug-likeness (QED) is 0.309. The molecule has 0 atom stereocenters. The van der Waals surface area contributed by atoms with Crippen LogP contribution >= 0.6 is 0 Å². The number of anilines is 2. The van der Waals surface area contributed by atoms with Crippen molar-refractivity contribution >= 4 is 35.3 Å². The summed E-state index contributed by atoms with van der Waals surface area (Å²) in [6.45, 7) is 4.00. The SMILES string of the molecule is CC.Nc1ccc(N)cc1.O=C1OC(=O)c2ccccc21.O=C1OC(=O)c2ccccc21. The number of carbonyl (C=O) groups excluding carboxylic acids is 4. The van der Waals surface area contributed by atoms with Crippen LogP contribution in [0.4, 0.5) is 11.4 Å². The predicted molar refractivity (Wildman–Crippen MR) is 119 cm³/mol. The molecule has 0 bridgehead atoms. The molecule has 0 aromatic heterocycles. The summed E-state index contributed by atoms with van der Waals surface area (Å²) < 4.78 is 8.71. The Kier molecular flexibility index (Phi) is 8.24. The van der Waals surface area contributed by atoms with E-state index >= 15 is 0 Å². The van der Waals surface area contributed by atoms with Crippen LogP contribution in [0.1, 0.15) is 55.3 Å². The van der Waals surface area contributed by atoms with E-state index in [0.717, 1.165) is 11.4 Å². The third-order valence-corrected chi connectivity index (χ3v) is 4.04. The zero-order chi connectivity index (χ0) is 23.7.